The smallest absolute Gasteiger partial charge is 0.192 e. The molecular formula is C13H12ClN5S. The van der Waals surface area contributed by atoms with Crippen LogP contribution in [-0.4, -0.2) is 15.0 Å². The average molecular weight is 306 g/mol. The van der Waals surface area contributed by atoms with Gasteiger partial charge in [0.05, 0.1) is 11.8 Å². The van der Waals surface area contributed by atoms with Crippen LogP contribution in [-0.2, 0) is 6.42 Å². The molecule has 0 radical (unpaired) electrons. The largest absolute Gasteiger partial charge is 0.384 e. The van der Waals surface area contributed by atoms with Gasteiger partial charge < -0.3 is 5.73 Å². The molecule has 7 heteroatoms. The molecule has 5 nitrogen and oxygen atoms in total. The summed E-state index contributed by atoms with van der Waals surface area (Å²) in [4.78, 5) is 12.3. The van der Waals surface area contributed by atoms with E-state index in [0.29, 0.717) is 10.9 Å². The molecule has 2 aromatic rings. The summed E-state index contributed by atoms with van der Waals surface area (Å²) in [5.41, 5.74) is 7.42. The molecule has 102 valence electrons. The fourth-order valence-electron chi connectivity index (χ4n) is 1.58. The van der Waals surface area contributed by atoms with Gasteiger partial charge >= 0.3 is 0 Å². The van der Waals surface area contributed by atoms with E-state index in [1.165, 1.54) is 17.8 Å². The molecule has 0 saturated heterocycles. The molecule has 2 aromatic heterocycles. The van der Waals surface area contributed by atoms with Crippen molar-refractivity contribution in [2.45, 2.75) is 23.8 Å². The molecule has 0 aromatic carbocycles. The Labute approximate surface area is 126 Å². The molecule has 1 atom stereocenters. The average Bonchev–Trinajstić information content (AvgIpc) is 2.44. The number of nitriles is 1. The van der Waals surface area contributed by atoms with Crippen molar-refractivity contribution in [3.8, 4) is 6.07 Å². The van der Waals surface area contributed by atoms with Crippen LogP contribution >= 0.6 is 23.4 Å². The Morgan fingerprint density at radius 3 is 2.90 bits per heavy atom. The number of nitrogens with two attached hydrogens (primary N) is 1. The van der Waals surface area contributed by atoms with Crippen molar-refractivity contribution >= 4 is 29.2 Å². The number of hydrogen-bond acceptors (Lipinski definition) is 6. The van der Waals surface area contributed by atoms with Crippen molar-refractivity contribution in [1.29, 1.82) is 5.26 Å². The molecule has 20 heavy (non-hydrogen) atoms. The number of aromatic nitrogens is 3. The second kappa shape index (κ2) is 6.55. The quantitative estimate of drug-likeness (QED) is 0.530. The van der Waals surface area contributed by atoms with Crippen molar-refractivity contribution in [1.82, 2.24) is 15.0 Å². The number of nitrogens with zero attached hydrogens (tertiary/aromatic N) is 4. The van der Waals surface area contributed by atoms with Gasteiger partial charge in [0.15, 0.2) is 5.16 Å². The van der Waals surface area contributed by atoms with E-state index in [2.05, 4.69) is 27.9 Å². The molecule has 0 spiro atoms. The Hall–Kier alpha value is -1.84. The summed E-state index contributed by atoms with van der Waals surface area (Å²) < 4.78 is 0. The highest BCUT2D eigenvalue weighted by molar-refractivity contribution is 7.99. The molecular weight excluding hydrogens is 294 g/mol. The van der Waals surface area contributed by atoms with Crippen LogP contribution in [0.25, 0.3) is 0 Å². The Kier molecular flexibility index (Phi) is 4.77. The fraction of sp³-hybridized carbons (Fsp3) is 0.231. The summed E-state index contributed by atoms with van der Waals surface area (Å²) in [7, 11) is 0. The predicted octanol–water partition coefficient (Wildman–Crippen LogP) is 3.03. The molecule has 0 amide bonds. The van der Waals surface area contributed by atoms with Crippen molar-refractivity contribution in [3.05, 3.63) is 40.8 Å². The van der Waals surface area contributed by atoms with Gasteiger partial charge in [0.2, 0.25) is 0 Å². The standard InChI is InChI=1S/C13H12ClN5S/c1-2-8-3-4-17-9(5-8)10(7-15)20-13-18-11(14)6-12(16)19-13/h3-6,10H,2H2,1H3,(H2,16,18,19). The van der Waals surface area contributed by atoms with E-state index >= 15 is 0 Å². The first kappa shape index (κ1) is 14.6. The first-order valence-electron chi connectivity index (χ1n) is 5.93. The molecule has 0 aliphatic rings. The van der Waals surface area contributed by atoms with E-state index in [4.69, 9.17) is 17.3 Å². The van der Waals surface area contributed by atoms with Crippen molar-refractivity contribution in [2.75, 3.05) is 5.73 Å². The van der Waals surface area contributed by atoms with Gasteiger partial charge in [-0.05, 0) is 24.1 Å². The van der Waals surface area contributed by atoms with Gasteiger partial charge in [0, 0.05) is 12.3 Å². The monoisotopic (exact) mass is 305 g/mol. The van der Waals surface area contributed by atoms with Gasteiger partial charge in [0.1, 0.15) is 16.2 Å². The predicted molar refractivity (Wildman–Crippen MR) is 79.3 cm³/mol. The zero-order valence-electron chi connectivity index (χ0n) is 10.7. The van der Waals surface area contributed by atoms with Gasteiger partial charge in [-0.25, -0.2) is 9.97 Å². The second-order valence-corrected chi connectivity index (χ2v) is 5.43. The third-order valence-electron chi connectivity index (χ3n) is 2.56. The third kappa shape index (κ3) is 3.59. The number of rotatable bonds is 4. The zero-order chi connectivity index (χ0) is 14.5. The molecule has 2 N–H and O–H groups in total. The van der Waals surface area contributed by atoms with E-state index in [1.807, 2.05) is 12.1 Å². The van der Waals surface area contributed by atoms with Gasteiger partial charge in [-0.15, -0.1) is 0 Å². The normalized spacial score (nSPS) is 11.8. The lowest BCUT2D eigenvalue weighted by atomic mass is 10.1. The minimum atomic E-state index is -0.501. The summed E-state index contributed by atoms with van der Waals surface area (Å²) in [6, 6.07) is 7.49. The Balaban J connectivity index is 2.26. The highest BCUT2D eigenvalue weighted by Gasteiger charge is 2.16. The zero-order valence-corrected chi connectivity index (χ0v) is 12.3. The minimum Gasteiger partial charge on any atom is -0.384 e. The maximum Gasteiger partial charge on any atom is 0.192 e. The number of halogens is 1. The molecule has 2 heterocycles. The number of pyridine rings is 1. The first-order valence-corrected chi connectivity index (χ1v) is 7.19. The van der Waals surface area contributed by atoms with Gasteiger partial charge in [-0.2, -0.15) is 5.26 Å². The summed E-state index contributed by atoms with van der Waals surface area (Å²) in [6.07, 6.45) is 2.59. The number of anilines is 1. The number of nitrogen functional groups attached to an aromatic ring is 1. The maximum atomic E-state index is 9.31. The SMILES string of the molecule is CCc1ccnc(C(C#N)Sc2nc(N)cc(Cl)n2)c1. The van der Waals surface area contributed by atoms with Crippen molar-refractivity contribution in [3.63, 3.8) is 0 Å². The molecule has 0 aliphatic heterocycles. The second-order valence-electron chi connectivity index (χ2n) is 3.97. The number of hydrogen-bond donors (Lipinski definition) is 1. The van der Waals surface area contributed by atoms with Crippen LogP contribution in [0.5, 0.6) is 0 Å². The highest BCUT2D eigenvalue weighted by Crippen LogP contribution is 2.32. The van der Waals surface area contributed by atoms with Crippen LogP contribution in [0.3, 0.4) is 0 Å². The lowest BCUT2D eigenvalue weighted by Gasteiger charge is -2.09. The number of thioether (sulfide) groups is 1. The van der Waals surface area contributed by atoms with Crippen molar-refractivity contribution in [2.24, 2.45) is 0 Å². The fourth-order valence-corrected chi connectivity index (χ4v) is 2.65. The molecule has 0 aliphatic carbocycles. The summed E-state index contributed by atoms with van der Waals surface area (Å²) in [5, 5.41) is 9.43. The Bertz CT molecular complexity index is 635. The van der Waals surface area contributed by atoms with Crippen molar-refractivity contribution < 1.29 is 0 Å². The van der Waals surface area contributed by atoms with Crippen LogP contribution in [0.15, 0.2) is 29.6 Å². The summed E-state index contributed by atoms with van der Waals surface area (Å²) >= 11 is 7.01. The van der Waals surface area contributed by atoms with Crippen LogP contribution in [0.4, 0.5) is 5.82 Å². The number of aryl methyl sites for hydroxylation is 1. The van der Waals surface area contributed by atoms with E-state index < -0.39 is 5.25 Å². The maximum absolute atomic E-state index is 9.31. The first-order chi connectivity index (χ1) is 9.62. The summed E-state index contributed by atoms with van der Waals surface area (Å²) in [6.45, 7) is 2.05. The van der Waals surface area contributed by atoms with Crippen LogP contribution in [0.2, 0.25) is 5.15 Å². The van der Waals surface area contributed by atoms with E-state index in [-0.39, 0.29) is 11.0 Å². The lowest BCUT2D eigenvalue weighted by Crippen LogP contribution is -2.00. The lowest BCUT2D eigenvalue weighted by molar-refractivity contribution is 0.963. The third-order valence-corrected chi connectivity index (χ3v) is 3.73. The molecule has 0 bridgehead atoms. The highest BCUT2D eigenvalue weighted by atomic mass is 35.5. The molecule has 2 rings (SSSR count). The summed E-state index contributed by atoms with van der Waals surface area (Å²) in [5.74, 6) is 0.277. The van der Waals surface area contributed by atoms with Gasteiger partial charge in [-0.1, -0.05) is 30.3 Å². The van der Waals surface area contributed by atoms with Crippen LogP contribution in [0.1, 0.15) is 23.4 Å². The topological polar surface area (TPSA) is 88.5 Å². The van der Waals surface area contributed by atoms with Gasteiger partial charge in [-0.3, -0.25) is 4.98 Å². The van der Waals surface area contributed by atoms with Gasteiger partial charge in [0.25, 0.3) is 0 Å². The molecule has 1 unspecified atom stereocenters. The van der Waals surface area contributed by atoms with Crippen LogP contribution < -0.4 is 5.73 Å². The van der Waals surface area contributed by atoms with E-state index in [1.54, 1.807) is 6.20 Å². The Morgan fingerprint density at radius 1 is 1.45 bits per heavy atom. The minimum absolute atomic E-state index is 0.256. The Morgan fingerprint density at radius 2 is 2.25 bits per heavy atom. The van der Waals surface area contributed by atoms with E-state index in [0.717, 1.165) is 12.0 Å². The molecule has 0 fully saturated rings. The van der Waals surface area contributed by atoms with Crippen LogP contribution in [0, 0.1) is 11.3 Å². The van der Waals surface area contributed by atoms with E-state index in [9.17, 15) is 5.26 Å². The molecule has 0 saturated carbocycles.